The van der Waals surface area contributed by atoms with Crippen LogP contribution in [-0.4, -0.2) is 32.2 Å². The molecule has 0 aliphatic rings. The molecule has 0 saturated carbocycles. The first-order chi connectivity index (χ1) is 19.3. The number of nitrogens with zero attached hydrogens (tertiary/aromatic N) is 3. The molecule has 1 aromatic heterocycles. The summed E-state index contributed by atoms with van der Waals surface area (Å²) in [6, 6.07) is 19.3. The molecule has 0 amide bonds. The number of ether oxygens (including phenoxy) is 2. The molecule has 0 atom stereocenters. The number of nitrogen functional groups attached to an aromatic ring is 2. The summed E-state index contributed by atoms with van der Waals surface area (Å²) in [5.74, 6) is 8.59. The highest BCUT2D eigenvalue weighted by Gasteiger charge is 2.21. The molecule has 0 spiro atoms. The van der Waals surface area contributed by atoms with Crippen LogP contribution in [0.1, 0.15) is 27.8 Å². The molecule has 0 aliphatic carbocycles. The fraction of sp³-hybridized carbons (Fsp3) is 0.241. The molecule has 10 nitrogen and oxygen atoms in total. The lowest BCUT2D eigenvalue weighted by Crippen LogP contribution is -2.48. The fourth-order valence-corrected chi connectivity index (χ4v) is 5.72. The van der Waals surface area contributed by atoms with Crippen molar-refractivity contribution < 1.29 is 27.1 Å². The fourth-order valence-electron chi connectivity index (χ4n) is 4.40. The predicted molar refractivity (Wildman–Crippen MR) is 163 cm³/mol. The van der Waals surface area contributed by atoms with Crippen molar-refractivity contribution in [3.8, 4) is 11.5 Å². The van der Waals surface area contributed by atoms with Crippen LogP contribution < -0.4 is 30.6 Å². The molecule has 4 aromatic rings. The lowest BCUT2D eigenvalue weighted by atomic mass is 10.1. The van der Waals surface area contributed by atoms with Crippen LogP contribution in [0.15, 0.2) is 76.4 Å². The van der Waals surface area contributed by atoms with E-state index in [1.807, 2.05) is 55.5 Å². The van der Waals surface area contributed by atoms with Gasteiger partial charge in [0.25, 0.3) is 10.1 Å². The van der Waals surface area contributed by atoms with E-state index in [4.69, 9.17) is 25.6 Å². The van der Waals surface area contributed by atoms with Gasteiger partial charge in [0, 0.05) is 13.1 Å². The molecule has 3 aromatic carbocycles. The summed E-state index contributed by atoms with van der Waals surface area (Å²) in [5.41, 5.74) is 10.6. The third-order valence-corrected chi connectivity index (χ3v) is 7.73. The number of nitrogens with two attached hydrogens (primary N) is 2. The van der Waals surface area contributed by atoms with Crippen LogP contribution in [0, 0.1) is 20.8 Å². The van der Waals surface area contributed by atoms with Gasteiger partial charge in [-0.25, -0.2) is 4.98 Å². The van der Waals surface area contributed by atoms with Gasteiger partial charge in [-0.1, -0.05) is 42.0 Å². The Bertz CT molecular complexity index is 1530. The van der Waals surface area contributed by atoms with E-state index in [-0.39, 0.29) is 4.90 Å². The molecular weight excluding hydrogens is 610 g/mol. The van der Waals surface area contributed by atoms with E-state index in [1.165, 1.54) is 4.68 Å². The number of benzene rings is 3. The Morgan fingerprint density at radius 1 is 0.902 bits per heavy atom. The van der Waals surface area contributed by atoms with E-state index >= 15 is 0 Å². The number of hydrogen-bond donors (Lipinski definition) is 3. The zero-order chi connectivity index (χ0) is 30.3. The second kappa shape index (κ2) is 13.7. The SMILES string of the molecule is COc1ccc(CN(Cc2ccc(OC)cc2)c2nc(Br)c[n+](N)c2N)cc1.Cc1cc(C)c(S(=O)(=O)O)c(C)c1. The molecule has 5 N–H and O–H groups in total. The molecule has 0 unspecified atom stereocenters. The molecular formula is C29H35BrN5O5S+. The number of anilines is 2. The summed E-state index contributed by atoms with van der Waals surface area (Å²) >= 11 is 3.40. The highest BCUT2D eigenvalue weighted by Crippen LogP contribution is 2.25. The van der Waals surface area contributed by atoms with Crippen molar-refractivity contribution in [2.24, 2.45) is 0 Å². The van der Waals surface area contributed by atoms with Crippen LogP contribution in [-0.2, 0) is 23.2 Å². The predicted octanol–water partition coefficient (Wildman–Crippen LogP) is 4.51. The zero-order valence-corrected chi connectivity index (χ0v) is 26.0. The zero-order valence-electron chi connectivity index (χ0n) is 23.6. The minimum atomic E-state index is -4.08. The molecule has 0 aliphatic heterocycles. The molecule has 0 radical (unpaired) electrons. The number of methoxy groups -OCH3 is 2. The lowest BCUT2D eigenvalue weighted by molar-refractivity contribution is -0.624. The van der Waals surface area contributed by atoms with Crippen LogP contribution >= 0.6 is 15.9 Å². The minimum absolute atomic E-state index is 0.0260. The van der Waals surface area contributed by atoms with Crippen molar-refractivity contribution in [2.45, 2.75) is 38.8 Å². The van der Waals surface area contributed by atoms with Gasteiger partial charge in [-0.15, -0.1) is 4.68 Å². The maximum Gasteiger partial charge on any atom is 0.339 e. The Balaban J connectivity index is 0.000000298. The van der Waals surface area contributed by atoms with Crippen molar-refractivity contribution >= 4 is 37.7 Å². The van der Waals surface area contributed by atoms with Gasteiger partial charge in [0.05, 0.1) is 19.1 Å². The Hall–Kier alpha value is -3.87. The molecule has 0 fully saturated rings. The number of halogens is 1. The number of rotatable bonds is 8. The van der Waals surface area contributed by atoms with E-state index in [0.29, 0.717) is 40.5 Å². The van der Waals surface area contributed by atoms with E-state index < -0.39 is 10.1 Å². The lowest BCUT2D eigenvalue weighted by Gasteiger charge is -2.24. The molecule has 0 saturated heterocycles. The first kappa shape index (κ1) is 31.7. The largest absolute Gasteiger partial charge is 0.497 e. The monoisotopic (exact) mass is 644 g/mol. The second-order valence-electron chi connectivity index (χ2n) is 9.43. The van der Waals surface area contributed by atoms with E-state index in [0.717, 1.165) is 28.2 Å². The quantitative estimate of drug-likeness (QED) is 0.143. The molecule has 12 heteroatoms. The second-order valence-corrected chi connectivity index (χ2v) is 11.6. The Morgan fingerprint density at radius 2 is 1.34 bits per heavy atom. The highest BCUT2D eigenvalue weighted by molar-refractivity contribution is 9.10. The van der Waals surface area contributed by atoms with Crippen LogP contribution in [0.25, 0.3) is 0 Å². The van der Waals surface area contributed by atoms with Gasteiger partial charge >= 0.3 is 5.82 Å². The van der Waals surface area contributed by atoms with E-state index in [1.54, 1.807) is 46.4 Å². The smallest absolute Gasteiger partial charge is 0.339 e. The normalized spacial score (nSPS) is 10.9. The van der Waals surface area contributed by atoms with Crippen molar-refractivity contribution in [3.63, 3.8) is 0 Å². The standard InChI is InChI=1S/C20H22BrN5O2.C9H12O3S/c1-27-16-7-3-14(4-8-16)11-25(12-15-5-9-17(28-2)10-6-15)20-19(22)26(23)13-18(21)24-20;1-6-4-7(2)9(8(3)5-6)13(10,11)12/h3-10,13,22H,11-12,23H2,1-2H3;4-5H,1-3H3,(H,10,11,12)/p+1. The Labute approximate surface area is 249 Å². The van der Waals surface area contributed by atoms with Gasteiger partial charge in [-0.05, 0) is 83.2 Å². The summed E-state index contributed by atoms with van der Waals surface area (Å²) in [4.78, 5) is 6.66. The molecule has 218 valence electrons. The van der Waals surface area contributed by atoms with Crippen molar-refractivity contribution in [3.05, 3.63) is 99.3 Å². The summed E-state index contributed by atoms with van der Waals surface area (Å²) in [6.45, 7) is 6.42. The third kappa shape index (κ3) is 8.56. The number of aryl methyl sites for hydroxylation is 3. The first-order valence-electron chi connectivity index (χ1n) is 12.5. The van der Waals surface area contributed by atoms with Crippen molar-refractivity contribution in [1.29, 1.82) is 0 Å². The topological polar surface area (TPSA) is 145 Å². The van der Waals surface area contributed by atoms with Gasteiger partial charge in [0.1, 0.15) is 16.1 Å². The van der Waals surface area contributed by atoms with Gasteiger partial charge < -0.3 is 14.4 Å². The van der Waals surface area contributed by atoms with Crippen molar-refractivity contribution in [2.75, 3.05) is 30.7 Å². The Morgan fingerprint density at radius 3 is 1.73 bits per heavy atom. The average molecular weight is 646 g/mol. The van der Waals surface area contributed by atoms with Crippen LogP contribution in [0.5, 0.6) is 11.5 Å². The number of hydrogen-bond acceptors (Lipinski definition) is 8. The molecule has 41 heavy (non-hydrogen) atoms. The minimum Gasteiger partial charge on any atom is -0.497 e. The summed E-state index contributed by atoms with van der Waals surface area (Å²) in [7, 11) is -0.781. The van der Waals surface area contributed by atoms with Crippen LogP contribution in [0.3, 0.4) is 0 Å². The van der Waals surface area contributed by atoms with Crippen LogP contribution in [0.4, 0.5) is 11.6 Å². The third-order valence-electron chi connectivity index (χ3n) is 6.19. The summed E-state index contributed by atoms with van der Waals surface area (Å²) < 4.78 is 43.3. The van der Waals surface area contributed by atoms with E-state index in [2.05, 4.69) is 25.8 Å². The molecule has 4 rings (SSSR count). The molecule has 0 bridgehead atoms. The van der Waals surface area contributed by atoms with Gasteiger partial charge in [0.2, 0.25) is 5.82 Å². The van der Waals surface area contributed by atoms with Gasteiger partial charge in [0.15, 0.2) is 6.20 Å². The first-order valence-corrected chi connectivity index (χ1v) is 14.7. The van der Waals surface area contributed by atoms with Crippen molar-refractivity contribution in [1.82, 2.24) is 4.98 Å². The summed E-state index contributed by atoms with van der Waals surface area (Å²) in [5, 5.41) is 0. The van der Waals surface area contributed by atoms with Crippen LogP contribution in [0.2, 0.25) is 0 Å². The summed E-state index contributed by atoms with van der Waals surface area (Å²) in [6.07, 6.45) is 1.62. The maximum absolute atomic E-state index is 10.9. The molecule has 1 heterocycles. The maximum atomic E-state index is 10.9. The van der Waals surface area contributed by atoms with Gasteiger partial charge in [-0.3, -0.25) is 16.1 Å². The Kier molecular flexibility index (Phi) is 10.5. The van der Waals surface area contributed by atoms with Gasteiger partial charge in [-0.2, -0.15) is 8.42 Å². The number of aromatic nitrogens is 2. The average Bonchev–Trinajstić information content (AvgIpc) is 2.90. The van der Waals surface area contributed by atoms with E-state index in [9.17, 15) is 8.42 Å². The highest BCUT2D eigenvalue weighted by atomic mass is 79.9.